The van der Waals surface area contributed by atoms with Crippen molar-refractivity contribution in [3.05, 3.63) is 35.7 Å². The molecule has 1 aliphatic rings. The van der Waals surface area contributed by atoms with Gasteiger partial charge in [0.1, 0.15) is 11.2 Å². The molecule has 0 saturated heterocycles. The van der Waals surface area contributed by atoms with Crippen molar-refractivity contribution in [1.82, 2.24) is 19.5 Å². The minimum Gasteiger partial charge on any atom is -0.310 e. The number of thiol groups is 1. The van der Waals surface area contributed by atoms with Crippen LogP contribution < -0.4 is 0 Å². The van der Waals surface area contributed by atoms with Crippen molar-refractivity contribution in [2.45, 2.75) is 36.8 Å². The quantitative estimate of drug-likeness (QED) is 0.662. The summed E-state index contributed by atoms with van der Waals surface area (Å²) < 4.78 is 57.3. The van der Waals surface area contributed by atoms with Crippen molar-refractivity contribution in [3.8, 4) is 11.5 Å². The maximum absolute atomic E-state index is 13.0. The lowest BCUT2D eigenvalue weighted by molar-refractivity contribution is -0.137. The molecule has 0 N–H and O–H groups in total. The van der Waals surface area contributed by atoms with Gasteiger partial charge in [-0.15, -0.1) is 0 Å². The summed E-state index contributed by atoms with van der Waals surface area (Å²) in [6.07, 6.45) is 0.138. The van der Waals surface area contributed by atoms with Crippen molar-refractivity contribution in [2.75, 3.05) is 6.54 Å². The van der Waals surface area contributed by atoms with E-state index in [1.54, 1.807) is 24.7 Å². The number of imidazole rings is 1. The summed E-state index contributed by atoms with van der Waals surface area (Å²) in [5.74, 6) is 0.732. The molecule has 0 radical (unpaired) electrons. The van der Waals surface area contributed by atoms with Crippen LogP contribution in [0.4, 0.5) is 13.2 Å². The summed E-state index contributed by atoms with van der Waals surface area (Å²) >= 11 is 0. The number of pyridine rings is 2. The number of aryl methyl sites for hydroxylation is 1. The number of alkyl halides is 3. The Bertz CT molecular complexity index is 1140. The number of halogens is 3. The summed E-state index contributed by atoms with van der Waals surface area (Å²) in [6.45, 7) is 2.18. The number of nitrogens with zero attached hydrogens (tertiary/aromatic N) is 5. The van der Waals surface area contributed by atoms with Gasteiger partial charge in [0.25, 0.3) is 0 Å². The van der Waals surface area contributed by atoms with E-state index in [9.17, 15) is 17.4 Å². The van der Waals surface area contributed by atoms with Crippen molar-refractivity contribution >= 4 is 21.8 Å². The molecule has 1 aliphatic carbocycles. The molecule has 28 heavy (non-hydrogen) atoms. The van der Waals surface area contributed by atoms with E-state index in [1.807, 2.05) is 6.07 Å². The Hall–Kier alpha value is -2.49. The molecule has 1 unspecified atom stereocenters. The number of hydrogen-bond acceptors (Lipinski definition) is 5. The van der Waals surface area contributed by atoms with Gasteiger partial charge in [-0.2, -0.15) is 13.2 Å². The Balaban J connectivity index is 1.90. The molecular formula is C18H18F3N5OS. The third-order valence-electron chi connectivity index (χ3n) is 4.66. The first kappa shape index (κ1) is 18.9. The smallest absolute Gasteiger partial charge is 0.310 e. The van der Waals surface area contributed by atoms with Crippen LogP contribution in [0.5, 0.6) is 0 Å². The molecule has 0 spiro atoms. The van der Waals surface area contributed by atoms with Crippen LogP contribution in [0.15, 0.2) is 33.8 Å². The standard InChI is InChI=1S/C18H18F3N5OS/c1-3-24-28(27)14-6-11(10-4-5-10)8-22-15(14)17-25-13-7-12(18(19,20)21)9-23-16(13)26(17)2/h6-10,28H,3-5H2,1-2H3. The van der Waals surface area contributed by atoms with Crippen LogP contribution in [0.3, 0.4) is 0 Å². The van der Waals surface area contributed by atoms with Gasteiger partial charge in [0.2, 0.25) is 0 Å². The van der Waals surface area contributed by atoms with Gasteiger partial charge in [-0.3, -0.25) is 4.98 Å². The fourth-order valence-electron chi connectivity index (χ4n) is 3.07. The molecule has 3 heterocycles. The Labute approximate surface area is 161 Å². The molecule has 0 aromatic carbocycles. The van der Waals surface area contributed by atoms with Gasteiger partial charge in [-0.1, -0.05) is 0 Å². The maximum atomic E-state index is 13.0. The van der Waals surface area contributed by atoms with Crippen LogP contribution in [-0.2, 0) is 23.8 Å². The summed E-state index contributed by atoms with van der Waals surface area (Å²) in [7, 11) is -0.393. The van der Waals surface area contributed by atoms with Gasteiger partial charge in [0, 0.05) is 26.0 Å². The SMILES string of the molecule is CC/N=[SH](=O)/c1cc(C2CC2)cnc1-c1nc2cc(C(F)(F)F)cnc2n1C. The molecule has 1 saturated carbocycles. The maximum Gasteiger partial charge on any atom is 0.417 e. The van der Waals surface area contributed by atoms with Crippen molar-refractivity contribution in [1.29, 1.82) is 0 Å². The predicted molar refractivity (Wildman–Crippen MR) is 99.5 cm³/mol. The molecule has 4 rings (SSSR count). The van der Waals surface area contributed by atoms with E-state index in [-0.39, 0.29) is 5.52 Å². The number of hydrogen-bond donors (Lipinski definition) is 1. The van der Waals surface area contributed by atoms with Crippen molar-refractivity contribution in [2.24, 2.45) is 11.4 Å². The summed E-state index contributed by atoms with van der Waals surface area (Å²) in [4.78, 5) is 13.2. The lowest BCUT2D eigenvalue weighted by atomic mass is 10.2. The first-order valence-electron chi connectivity index (χ1n) is 8.84. The number of fused-ring (bicyclic) bond motifs is 1. The average molecular weight is 409 g/mol. The highest BCUT2D eigenvalue weighted by Crippen LogP contribution is 2.41. The van der Waals surface area contributed by atoms with Crippen LogP contribution in [0.25, 0.3) is 22.7 Å². The van der Waals surface area contributed by atoms with Gasteiger partial charge in [0.05, 0.1) is 21.1 Å². The zero-order chi connectivity index (χ0) is 20.1. The second-order valence-corrected chi connectivity index (χ2v) is 8.01. The number of aromatic nitrogens is 4. The second-order valence-electron chi connectivity index (χ2n) is 6.70. The van der Waals surface area contributed by atoms with E-state index in [1.165, 1.54) is 0 Å². The monoisotopic (exact) mass is 409 g/mol. The van der Waals surface area contributed by atoms with Gasteiger partial charge >= 0.3 is 6.18 Å². The first-order chi connectivity index (χ1) is 13.3. The van der Waals surface area contributed by atoms with Crippen LogP contribution in [0.2, 0.25) is 0 Å². The van der Waals surface area contributed by atoms with Crippen LogP contribution in [0.1, 0.15) is 36.8 Å². The molecule has 0 aliphatic heterocycles. The van der Waals surface area contributed by atoms with Gasteiger partial charge in [-0.25, -0.2) is 18.5 Å². The second kappa shape index (κ2) is 6.84. The normalized spacial score (nSPS) is 16.0. The van der Waals surface area contributed by atoms with E-state index < -0.39 is 22.3 Å². The molecule has 1 atom stereocenters. The molecular weight excluding hydrogens is 391 g/mol. The predicted octanol–water partition coefficient (Wildman–Crippen LogP) is 3.97. The first-order valence-corrected chi connectivity index (χ1v) is 10.1. The van der Waals surface area contributed by atoms with Crippen LogP contribution >= 0.6 is 0 Å². The van der Waals surface area contributed by atoms with E-state index >= 15 is 0 Å². The third kappa shape index (κ3) is 3.36. The van der Waals surface area contributed by atoms with Crippen molar-refractivity contribution in [3.63, 3.8) is 0 Å². The highest BCUT2D eigenvalue weighted by Gasteiger charge is 2.32. The number of rotatable bonds is 4. The molecule has 3 aromatic rings. The van der Waals surface area contributed by atoms with Gasteiger partial charge in [0.15, 0.2) is 11.5 Å². The third-order valence-corrected chi connectivity index (χ3v) is 5.95. The fraction of sp³-hybridized carbons (Fsp3) is 0.389. The summed E-state index contributed by atoms with van der Waals surface area (Å²) in [6, 6.07) is 2.80. The highest BCUT2D eigenvalue weighted by molar-refractivity contribution is 7.75. The van der Waals surface area contributed by atoms with Crippen molar-refractivity contribution < 1.29 is 17.4 Å². The van der Waals surface area contributed by atoms with E-state index in [0.29, 0.717) is 34.5 Å². The van der Waals surface area contributed by atoms with E-state index in [4.69, 9.17) is 0 Å². The van der Waals surface area contributed by atoms with E-state index in [0.717, 1.165) is 30.7 Å². The van der Waals surface area contributed by atoms with Crippen LogP contribution in [-0.4, -0.2) is 30.3 Å². The molecule has 3 aromatic heterocycles. The molecule has 1 fully saturated rings. The Morgan fingerprint density at radius 2 is 2.00 bits per heavy atom. The van der Waals surface area contributed by atoms with Gasteiger partial charge < -0.3 is 4.57 Å². The minimum atomic E-state index is -4.50. The fourth-order valence-corrected chi connectivity index (χ4v) is 4.08. The Kier molecular flexibility index (Phi) is 4.60. The Morgan fingerprint density at radius 1 is 1.25 bits per heavy atom. The minimum absolute atomic E-state index is 0.106. The zero-order valence-electron chi connectivity index (χ0n) is 15.2. The van der Waals surface area contributed by atoms with Gasteiger partial charge in [-0.05, 0) is 43.4 Å². The van der Waals surface area contributed by atoms with E-state index in [2.05, 4.69) is 19.3 Å². The Morgan fingerprint density at radius 3 is 2.64 bits per heavy atom. The van der Waals surface area contributed by atoms with Crippen LogP contribution in [0, 0.1) is 0 Å². The molecule has 6 nitrogen and oxygen atoms in total. The summed E-state index contributed by atoms with van der Waals surface area (Å²) in [5.41, 5.74) is 0.897. The lowest BCUT2D eigenvalue weighted by Crippen LogP contribution is -2.05. The average Bonchev–Trinajstić information content (AvgIpc) is 3.45. The lowest BCUT2D eigenvalue weighted by Gasteiger charge is -2.08. The molecule has 0 amide bonds. The zero-order valence-corrected chi connectivity index (χ0v) is 16.1. The molecule has 148 valence electrons. The summed E-state index contributed by atoms with van der Waals surface area (Å²) in [5, 5.41) is 0. The molecule has 10 heteroatoms. The topological polar surface area (TPSA) is 73.0 Å². The highest BCUT2D eigenvalue weighted by atomic mass is 32.2. The molecule has 0 bridgehead atoms. The largest absolute Gasteiger partial charge is 0.417 e.